The van der Waals surface area contributed by atoms with Crippen molar-refractivity contribution in [2.24, 2.45) is 0 Å². The summed E-state index contributed by atoms with van der Waals surface area (Å²) in [6.45, 7) is 4.45. The van der Waals surface area contributed by atoms with Crippen LogP contribution in [0.4, 0.5) is 4.39 Å². The van der Waals surface area contributed by atoms with E-state index in [4.69, 9.17) is 14.2 Å². The maximum atomic E-state index is 12.8. The van der Waals surface area contributed by atoms with Gasteiger partial charge in [-0.25, -0.2) is 4.39 Å². The van der Waals surface area contributed by atoms with Gasteiger partial charge in [0, 0.05) is 0 Å². The van der Waals surface area contributed by atoms with E-state index in [0.717, 1.165) is 12.0 Å². The highest BCUT2D eigenvalue weighted by molar-refractivity contribution is 5.43. The summed E-state index contributed by atoms with van der Waals surface area (Å²) in [7, 11) is 1.61. The Labute approximate surface area is 129 Å². The lowest BCUT2D eigenvalue weighted by Gasteiger charge is -2.12. The summed E-state index contributed by atoms with van der Waals surface area (Å²) < 4.78 is 29.2. The lowest BCUT2D eigenvalue weighted by molar-refractivity contribution is 0.211. The minimum Gasteiger partial charge on any atom is -0.493 e. The summed E-state index contributed by atoms with van der Waals surface area (Å²) >= 11 is 0. The Balaban J connectivity index is 1.85. The van der Waals surface area contributed by atoms with E-state index in [1.54, 1.807) is 19.2 Å². The molecule has 0 heterocycles. The van der Waals surface area contributed by atoms with Gasteiger partial charge in [-0.1, -0.05) is 12.1 Å². The normalized spacial score (nSPS) is 10.1. The Bertz CT molecular complexity index is 608. The molecular weight excluding hydrogens is 283 g/mol. The highest BCUT2D eigenvalue weighted by atomic mass is 19.1. The largest absolute Gasteiger partial charge is 0.493 e. The standard InChI is InChI=1S/C18H19FO3/c1-3-4-14-5-10-17(18(13-14)20-2)22-12-11-21-16-8-6-15(19)7-9-16/h3,5-10,13H,1,4,11-12H2,2H3. The van der Waals surface area contributed by atoms with Crippen molar-refractivity contribution in [2.75, 3.05) is 20.3 Å². The van der Waals surface area contributed by atoms with Crippen molar-refractivity contribution in [1.82, 2.24) is 0 Å². The summed E-state index contributed by atoms with van der Waals surface area (Å²) in [4.78, 5) is 0. The summed E-state index contributed by atoms with van der Waals surface area (Å²) in [6.07, 6.45) is 2.62. The monoisotopic (exact) mass is 302 g/mol. The van der Waals surface area contributed by atoms with E-state index in [1.165, 1.54) is 12.1 Å². The van der Waals surface area contributed by atoms with E-state index in [9.17, 15) is 4.39 Å². The molecule has 0 N–H and O–H groups in total. The van der Waals surface area contributed by atoms with Crippen molar-refractivity contribution in [2.45, 2.75) is 6.42 Å². The van der Waals surface area contributed by atoms with E-state index in [2.05, 4.69) is 6.58 Å². The molecule has 2 rings (SSSR count). The molecule has 0 aromatic heterocycles. The molecule has 0 fully saturated rings. The smallest absolute Gasteiger partial charge is 0.161 e. The quantitative estimate of drug-likeness (QED) is 0.544. The van der Waals surface area contributed by atoms with Gasteiger partial charge in [0.05, 0.1) is 7.11 Å². The number of rotatable bonds is 8. The summed E-state index contributed by atoms with van der Waals surface area (Å²) in [5, 5.41) is 0. The van der Waals surface area contributed by atoms with E-state index in [1.807, 2.05) is 24.3 Å². The zero-order chi connectivity index (χ0) is 15.8. The number of hydrogen-bond donors (Lipinski definition) is 0. The molecule has 116 valence electrons. The zero-order valence-electron chi connectivity index (χ0n) is 12.5. The van der Waals surface area contributed by atoms with Crippen LogP contribution in [0.15, 0.2) is 55.1 Å². The van der Waals surface area contributed by atoms with E-state index in [-0.39, 0.29) is 5.82 Å². The third kappa shape index (κ3) is 4.52. The highest BCUT2D eigenvalue weighted by Gasteiger charge is 2.05. The van der Waals surface area contributed by atoms with Crippen molar-refractivity contribution in [3.63, 3.8) is 0 Å². The van der Waals surface area contributed by atoms with Crippen molar-refractivity contribution >= 4 is 0 Å². The minimum absolute atomic E-state index is 0.284. The van der Waals surface area contributed by atoms with Gasteiger partial charge in [-0.3, -0.25) is 0 Å². The highest BCUT2D eigenvalue weighted by Crippen LogP contribution is 2.28. The number of halogens is 1. The molecule has 0 aliphatic heterocycles. The number of ether oxygens (including phenoxy) is 3. The van der Waals surface area contributed by atoms with Crippen molar-refractivity contribution in [1.29, 1.82) is 0 Å². The second kappa shape index (κ2) is 8.08. The van der Waals surface area contributed by atoms with Gasteiger partial charge in [0.15, 0.2) is 11.5 Å². The van der Waals surface area contributed by atoms with Crippen LogP contribution in [0.25, 0.3) is 0 Å². The predicted octanol–water partition coefficient (Wildman–Crippen LogP) is 4.02. The van der Waals surface area contributed by atoms with Gasteiger partial charge >= 0.3 is 0 Å². The summed E-state index contributed by atoms with van der Waals surface area (Å²) in [6, 6.07) is 11.7. The number of methoxy groups -OCH3 is 1. The van der Waals surface area contributed by atoms with Gasteiger partial charge in [0.25, 0.3) is 0 Å². The molecular formula is C18H19FO3. The minimum atomic E-state index is -0.284. The molecule has 0 aliphatic rings. The first kappa shape index (κ1) is 15.9. The van der Waals surface area contributed by atoms with Crippen LogP contribution in [-0.2, 0) is 6.42 Å². The van der Waals surface area contributed by atoms with Gasteiger partial charge < -0.3 is 14.2 Å². The molecule has 0 amide bonds. The third-order valence-corrected chi connectivity index (χ3v) is 3.03. The van der Waals surface area contributed by atoms with Gasteiger partial charge in [-0.15, -0.1) is 6.58 Å². The van der Waals surface area contributed by atoms with Crippen LogP contribution >= 0.6 is 0 Å². The maximum absolute atomic E-state index is 12.8. The number of allylic oxidation sites excluding steroid dienone is 1. The first-order valence-electron chi connectivity index (χ1n) is 7.02. The Morgan fingerprint density at radius 1 is 1.00 bits per heavy atom. The fourth-order valence-electron chi connectivity index (χ4n) is 1.97. The zero-order valence-corrected chi connectivity index (χ0v) is 12.5. The molecule has 0 bridgehead atoms. The van der Waals surface area contributed by atoms with Crippen molar-refractivity contribution in [3.05, 3.63) is 66.5 Å². The lowest BCUT2D eigenvalue weighted by atomic mass is 10.1. The SMILES string of the molecule is C=CCc1ccc(OCCOc2ccc(F)cc2)c(OC)c1. The molecule has 0 radical (unpaired) electrons. The third-order valence-electron chi connectivity index (χ3n) is 3.03. The van der Waals surface area contributed by atoms with Crippen molar-refractivity contribution < 1.29 is 18.6 Å². The first-order valence-corrected chi connectivity index (χ1v) is 7.02. The fourth-order valence-corrected chi connectivity index (χ4v) is 1.97. The lowest BCUT2D eigenvalue weighted by Crippen LogP contribution is -2.09. The Hall–Kier alpha value is -2.49. The second-order valence-corrected chi connectivity index (χ2v) is 4.63. The molecule has 0 saturated heterocycles. The number of benzene rings is 2. The second-order valence-electron chi connectivity index (χ2n) is 4.63. The Morgan fingerprint density at radius 3 is 2.41 bits per heavy atom. The molecule has 4 heteroatoms. The molecule has 0 aliphatic carbocycles. The number of hydrogen-bond acceptors (Lipinski definition) is 3. The molecule has 0 spiro atoms. The average molecular weight is 302 g/mol. The van der Waals surface area contributed by atoms with E-state index < -0.39 is 0 Å². The van der Waals surface area contributed by atoms with Crippen molar-refractivity contribution in [3.8, 4) is 17.2 Å². The Kier molecular flexibility index (Phi) is 5.83. The summed E-state index contributed by atoms with van der Waals surface area (Å²) in [5.74, 6) is 1.67. The molecule has 3 nitrogen and oxygen atoms in total. The summed E-state index contributed by atoms with van der Waals surface area (Å²) in [5.41, 5.74) is 1.11. The molecule has 0 atom stereocenters. The molecule has 2 aromatic carbocycles. The van der Waals surface area contributed by atoms with Crippen LogP contribution in [0.2, 0.25) is 0 Å². The van der Waals surface area contributed by atoms with Gasteiger partial charge in [-0.05, 0) is 48.4 Å². The Morgan fingerprint density at radius 2 is 1.73 bits per heavy atom. The molecule has 0 saturated carbocycles. The van der Waals surface area contributed by atoms with Gasteiger partial charge in [0.1, 0.15) is 24.8 Å². The van der Waals surface area contributed by atoms with Crippen LogP contribution < -0.4 is 14.2 Å². The molecule has 22 heavy (non-hydrogen) atoms. The first-order chi connectivity index (χ1) is 10.7. The van der Waals surface area contributed by atoms with Gasteiger partial charge in [0.2, 0.25) is 0 Å². The van der Waals surface area contributed by atoms with E-state index >= 15 is 0 Å². The fraction of sp³-hybridized carbons (Fsp3) is 0.222. The average Bonchev–Trinajstić information content (AvgIpc) is 2.54. The van der Waals surface area contributed by atoms with Crippen LogP contribution in [0.1, 0.15) is 5.56 Å². The van der Waals surface area contributed by atoms with Crippen LogP contribution in [-0.4, -0.2) is 20.3 Å². The maximum Gasteiger partial charge on any atom is 0.161 e. The van der Waals surface area contributed by atoms with Crippen LogP contribution in [0.5, 0.6) is 17.2 Å². The van der Waals surface area contributed by atoms with E-state index in [0.29, 0.717) is 30.5 Å². The van der Waals surface area contributed by atoms with Crippen LogP contribution in [0.3, 0.4) is 0 Å². The molecule has 2 aromatic rings. The van der Waals surface area contributed by atoms with Crippen LogP contribution in [0, 0.1) is 5.82 Å². The predicted molar refractivity (Wildman–Crippen MR) is 84.3 cm³/mol. The van der Waals surface area contributed by atoms with Gasteiger partial charge in [-0.2, -0.15) is 0 Å². The topological polar surface area (TPSA) is 27.7 Å². The molecule has 0 unspecified atom stereocenters.